The molecule has 3 aromatic rings. The number of carbonyl (C=O) groups is 1. The average Bonchev–Trinajstić information content (AvgIpc) is 2.82. The lowest BCUT2D eigenvalue weighted by Crippen LogP contribution is -2.46. The van der Waals surface area contributed by atoms with Crippen molar-refractivity contribution in [3.63, 3.8) is 0 Å². The second-order valence-corrected chi connectivity index (χ2v) is 9.58. The maximum absolute atomic E-state index is 13.9. The molecule has 188 valence electrons. The molecule has 2 aliphatic rings. The number of amides is 1. The highest BCUT2D eigenvalue weighted by atomic mass is 19.2. The second-order valence-electron chi connectivity index (χ2n) is 9.58. The van der Waals surface area contributed by atoms with E-state index in [0.717, 1.165) is 24.2 Å². The van der Waals surface area contributed by atoms with Gasteiger partial charge in [0.05, 0.1) is 12.5 Å². The summed E-state index contributed by atoms with van der Waals surface area (Å²) in [6.07, 6.45) is 0.575. The van der Waals surface area contributed by atoms with Gasteiger partial charge in [0.2, 0.25) is 17.1 Å². The van der Waals surface area contributed by atoms with Crippen molar-refractivity contribution in [2.45, 2.75) is 37.8 Å². The van der Waals surface area contributed by atoms with Crippen LogP contribution in [0.25, 0.3) is 0 Å². The standard InChI is InChI=1S/C26H25F2N3O5/c27-19-5-4-15(7-20(19)28)18(9-23(29)33)26-25(35)22(32)8-17(36-26)13-30-10-14-6-16(12-30)21-2-1-3-24(34)31(21)11-14/h1-5,7-8,14,16,18,35H,6,9-13H2,(H2,29,33)/t14-,16+,18-/m1/s1. The highest BCUT2D eigenvalue weighted by molar-refractivity contribution is 5.75. The summed E-state index contributed by atoms with van der Waals surface area (Å²) >= 11 is 0. The van der Waals surface area contributed by atoms with E-state index < -0.39 is 34.6 Å². The summed E-state index contributed by atoms with van der Waals surface area (Å²) in [5, 5.41) is 10.5. The molecule has 2 bridgehead atoms. The van der Waals surface area contributed by atoms with Gasteiger partial charge in [-0.05, 0) is 36.1 Å². The molecule has 0 radical (unpaired) electrons. The van der Waals surface area contributed by atoms with Crippen LogP contribution in [-0.2, 0) is 17.9 Å². The Morgan fingerprint density at radius 1 is 1.11 bits per heavy atom. The fraction of sp³-hybridized carbons (Fsp3) is 0.346. The lowest BCUT2D eigenvalue weighted by Gasteiger charge is -2.42. The Labute approximate surface area is 204 Å². The smallest absolute Gasteiger partial charge is 0.250 e. The van der Waals surface area contributed by atoms with Gasteiger partial charge in [0.1, 0.15) is 5.76 Å². The largest absolute Gasteiger partial charge is 0.502 e. The minimum Gasteiger partial charge on any atom is -0.502 e. The molecular formula is C26H25F2N3O5. The summed E-state index contributed by atoms with van der Waals surface area (Å²) in [7, 11) is 0. The fourth-order valence-electron chi connectivity index (χ4n) is 5.51. The number of aromatic nitrogens is 1. The van der Waals surface area contributed by atoms with E-state index in [-0.39, 0.29) is 47.4 Å². The third-order valence-electron chi connectivity index (χ3n) is 7.00. The molecule has 0 unspecified atom stereocenters. The molecule has 0 aliphatic carbocycles. The maximum Gasteiger partial charge on any atom is 0.250 e. The SMILES string of the molecule is NC(=O)C[C@H](c1ccc(F)c(F)c1)c1oc(CN2C[C@H]3C[C@@H](C2)c2cccc(=O)n2C3)cc(=O)c1O. The Morgan fingerprint density at radius 3 is 2.67 bits per heavy atom. The van der Waals surface area contributed by atoms with E-state index in [9.17, 15) is 28.3 Å². The number of primary amides is 1. The third-order valence-corrected chi connectivity index (χ3v) is 7.00. The van der Waals surface area contributed by atoms with E-state index in [4.69, 9.17) is 10.2 Å². The number of likely N-dealkylation sites (tertiary alicyclic amines) is 1. The van der Waals surface area contributed by atoms with Crippen LogP contribution in [0, 0.1) is 17.6 Å². The summed E-state index contributed by atoms with van der Waals surface area (Å²) < 4.78 is 35.2. The van der Waals surface area contributed by atoms with Crippen LogP contribution in [0.4, 0.5) is 8.78 Å². The molecular weight excluding hydrogens is 472 g/mol. The number of hydrogen-bond donors (Lipinski definition) is 2. The molecule has 3 N–H and O–H groups in total. The van der Waals surface area contributed by atoms with Crippen LogP contribution in [0.1, 0.15) is 47.5 Å². The number of hydrogen-bond acceptors (Lipinski definition) is 6. The Hall–Kier alpha value is -3.79. The van der Waals surface area contributed by atoms with E-state index in [1.165, 1.54) is 12.1 Å². The van der Waals surface area contributed by atoms with E-state index in [1.54, 1.807) is 12.1 Å². The van der Waals surface area contributed by atoms with Crippen LogP contribution in [-0.4, -0.2) is 33.6 Å². The van der Waals surface area contributed by atoms with E-state index in [0.29, 0.717) is 19.6 Å². The number of nitrogens with zero attached hydrogens (tertiary/aromatic N) is 2. The lowest BCUT2D eigenvalue weighted by atomic mass is 9.83. The van der Waals surface area contributed by atoms with Crippen molar-refractivity contribution < 1.29 is 23.1 Å². The van der Waals surface area contributed by atoms with E-state index in [1.807, 2.05) is 10.6 Å². The maximum atomic E-state index is 13.9. The molecule has 5 rings (SSSR count). The normalized spacial score (nSPS) is 20.1. The van der Waals surface area contributed by atoms with Crippen LogP contribution < -0.4 is 16.7 Å². The van der Waals surface area contributed by atoms with Gasteiger partial charge in [-0.2, -0.15) is 0 Å². The summed E-state index contributed by atoms with van der Waals surface area (Å²) in [4.78, 5) is 38.8. The van der Waals surface area contributed by atoms with Crippen molar-refractivity contribution in [2.24, 2.45) is 11.7 Å². The third kappa shape index (κ3) is 4.56. The van der Waals surface area contributed by atoms with Crippen molar-refractivity contribution in [1.29, 1.82) is 0 Å². The molecule has 1 aromatic carbocycles. The second kappa shape index (κ2) is 9.34. The van der Waals surface area contributed by atoms with Crippen LogP contribution >= 0.6 is 0 Å². The zero-order valence-corrected chi connectivity index (χ0v) is 19.3. The van der Waals surface area contributed by atoms with Crippen LogP contribution in [0.3, 0.4) is 0 Å². The Bertz CT molecular complexity index is 1450. The average molecular weight is 497 g/mol. The molecule has 2 aliphatic heterocycles. The van der Waals surface area contributed by atoms with Crippen LogP contribution in [0.15, 0.2) is 56.5 Å². The van der Waals surface area contributed by atoms with Crippen molar-refractivity contribution in [3.05, 3.63) is 97.5 Å². The summed E-state index contributed by atoms with van der Waals surface area (Å²) in [6.45, 7) is 2.20. The minimum absolute atomic E-state index is 0.0115. The molecule has 0 saturated carbocycles. The van der Waals surface area contributed by atoms with Crippen molar-refractivity contribution in [1.82, 2.24) is 9.47 Å². The van der Waals surface area contributed by atoms with Gasteiger partial charge in [0, 0.05) is 49.8 Å². The van der Waals surface area contributed by atoms with Crippen LogP contribution in [0.5, 0.6) is 5.75 Å². The van der Waals surface area contributed by atoms with Crippen molar-refractivity contribution in [3.8, 4) is 5.75 Å². The number of aromatic hydroxyl groups is 1. The van der Waals surface area contributed by atoms with Crippen molar-refractivity contribution >= 4 is 5.91 Å². The molecule has 2 aromatic heterocycles. The molecule has 1 amide bonds. The molecule has 36 heavy (non-hydrogen) atoms. The van der Waals surface area contributed by atoms with E-state index in [2.05, 4.69) is 4.90 Å². The first-order valence-electron chi connectivity index (χ1n) is 11.7. The zero-order valence-electron chi connectivity index (χ0n) is 19.3. The lowest BCUT2D eigenvalue weighted by molar-refractivity contribution is -0.118. The molecule has 10 heteroatoms. The first-order valence-corrected chi connectivity index (χ1v) is 11.7. The fourth-order valence-corrected chi connectivity index (χ4v) is 5.51. The molecule has 0 spiro atoms. The van der Waals surface area contributed by atoms with Crippen LogP contribution in [0.2, 0.25) is 0 Å². The highest BCUT2D eigenvalue weighted by Crippen LogP contribution is 2.37. The predicted octanol–water partition coefficient (Wildman–Crippen LogP) is 2.41. The molecule has 3 atom stereocenters. The van der Waals surface area contributed by atoms with Gasteiger partial charge < -0.3 is 19.8 Å². The summed E-state index contributed by atoms with van der Waals surface area (Å²) in [5.74, 6) is -4.33. The number of piperidine rings is 1. The first-order chi connectivity index (χ1) is 17.2. The highest BCUT2D eigenvalue weighted by Gasteiger charge is 2.35. The number of fused-ring (bicyclic) bond motifs is 4. The van der Waals surface area contributed by atoms with Gasteiger partial charge in [-0.1, -0.05) is 12.1 Å². The number of halogens is 2. The monoisotopic (exact) mass is 497 g/mol. The van der Waals surface area contributed by atoms with Gasteiger partial charge in [-0.15, -0.1) is 0 Å². The zero-order chi connectivity index (χ0) is 25.6. The quantitative estimate of drug-likeness (QED) is 0.540. The number of nitrogens with two attached hydrogens (primary N) is 1. The summed E-state index contributed by atoms with van der Waals surface area (Å²) in [6, 6.07) is 9.51. The minimum atomic E-state index is -1.14. The molecule has 1 fully saturated rings. The van der Waals surface area contributed by atoms with E-state index >= 15 is 0 Å². The summed E-state index contributed by atoms with van der Waals surface area (Å²) in [5.41, 5.74) is 5.77. The van der Waals surface area contributed by atoms with Gasteiger partial charge in [0.15, 0.2) is 17.4 Å². The molecule has 4 heterocycles. The Morgan fingerprint density at radius 2 is 1.92 bits per heavy atom. The number of rotatable bonds is 6. The Balaban J connectivity index is 1.46. The molecule has 1 saturated heterocycles. The van der Waals surface area contributed by atoms with Gasteiger partial charge >= 0.3 is 0 Å². The first kappa shape index (κ1) is 23.9. The molecule has 8 nitrogen and oxygen atoms in total. The predicted molar refractivity (Wildman–Crippen MR) is 125 cm³/mol. The van der Waals surface area contributed by atoms with Gasteiger partial charge in [-0.25, -0.2) is 8.78 Å². The van der Waals surface area contributed by atoms with Crippen molar-refractivity contribution in [2.75, 3.05) is 13.1 Å². The van der Waals surface area contributed by atoms with Gasteiger partial charge in [-0.3, -0.25) is 19.3 Å². The number of pyridine rings is 1. The topological polar surface area (TPSA) is 119 Å². The Kier molecular flexibility index (Phi) is 6.21. The van der Waals surface area contributed by atoms with Gasteiger partial charge in [0.25, 0.3) is 5.56 Å². The number of carbonyl (C=O) groups excluding carboxylic acids is 1. The number of benzene rings is 1.